The van der Waals surface area contributed by atoms with E-state index in [0.29, 0.717) is 0 Å². The number of fused-ring (bicyclic) bond motifs is 7. The van der Waals surface area contributed by atoms with Crippen molar-refractivity contribution in [3.8, 4) is 11.1 Å². The van der Waals surface area contributed by atoms with Gasteiger partial charge in [0, 0.05) is 27.5 Å². The molecule has 1 aromatic heterocycles. The van der Waals surface area contributed by atoms with Gasteiger partial charge in [-0.1, -0.05) is 109 Å². The molecule has 0 saturated carbocycles. The zero-order valence-electron chi connectivity index (χ0n) is 23.9. The molecule has 2 nitrogen and oxygen atoms in total. The van der Waals surface area contributed by atoms with Crippen LogP contribution in [0.25, 0.3) is 65.4 Å². The molecule has 0 spiro atoms. The molecule has 44 heavy (non-hydrogen) atoms. The van der Waals surface area contributed by atoms with Gasteiger partial charge in [-0.05, 0) is 92.7 Å². The second-order valence-corrected chi connectivity index (χ2v) is 11.4. The molecular formula is C42H27NO. The number of para-hydroxylation sites is 1. The van der Waals surface area contributed by atoms with Crippen molar-refractivity contribution in [2.75, 3.05) is 4.90 Å². The maximum atomic E-state index is 6.25. The Hall–Kier alpha value is -5.86. The van der Waals surface area contributed by atoms with Gasteiger partial charge >= 0.3 is 0 Å². The lowest BCUT2D eigenvalue weighted by atomic mass is 9.99. The third-order valence-corrected chi connectivity index (χ3v) is 8.82. The predicted molar refractivity (Wildman–Crippen MR) is 186 cm³/mol. The SMILES string of the molecule is c1ccc2cc(-c3ccc(N(c4ccc5ccccc5c4)c4cccc5c4ccc4oc6ccccc6c45)cc3)ccc2c1. The molecule has 8 aromatic carbocycles. The van der Waals surface area contributed by atoms with Gasteiger partial charge in [0.15, 0.2) is 0 Å². The second kappa shape index (κ2) is 9.86. The topological polar surface area (TPSA) is 16.4 Å². The lowest BCUT2D eigenvalue weighted by Crippen LogP contribution is -2.10. The van der Waals surface area contributed by atoms with E-state index >= 15 is 0 Å². The number of nitrogens with zero attached hydrogens (tertiary/aromatic N) is 1. The van der Waals surface area contributed by atoms with Crippen molar-refractivity contribution >= 4 is 71.3 Å². The summed E-state index contributed by atoms with van der Waals surface area (Å²) in [4.78, 5) is 2.38. The fraction of sp³-hybridized carbons (Fsp3) is 0. The molecule has 0 aliphatic carbocycles. The van der Waals surface area contributed by atoms with E-state index in [-0.39, 0.29) is 0 Å². The first-order valence-corrected chi connectivity index (χ1v) is 15.0. The van der Waals surface area contributed by atoms with Crippen LogP contribution in [0.1, 0.15) is 0 Å². The first-order chi connectivity index (χ1) is 21.8. The Morgan fingerprint density at radius 1 is 0.364 bits per heavy atom. The fourth-order valence-corrected chi connectivity index (χ4v) is 6.67. The van der Waals surface area contributed by atoms with Gasteiger partial charge in [0.05, 0.1) is 5.69 Å². The van der Waals surface area contributed by atoms with Crippen LogP contribution in [-0.2, 0) is 0 Å². The summed E-state index contributed by atoms with van der Waals surface area (Å²) in [6.07, 6.45) is 0. The lowest BCUT2D eigenvalue weighted by Gasteiger charge is -2.27. The van der Waals surface area contributed by atoms with Gasteiger partial charge in [0.25, 0.3) is 0 Å². The van der Waals surface area contributed by atoms with E-state index in [1.807, 2.05) is 12.1 Å². The fourth-order valence-electron chi connectivity index (χ4n) is 6.67. The Morgan fingerprint density at radius 3 is 1.82 bits per heavy atom. The molecule has 9 rings (SSSR count). The minimum absolute atomic E-state index is 0.910. The molecule has 0 bridgehead atoms. The van der Waals surface area contributed by atoms with Crippen LogP contribution in [0.5, 0.6) is 0 Å². The Balaban J connectivity index is 1.24. The molecule has 0 saturated heterocycles. The van der Waals surface area contributed by atoms with Crippen LogP contribution < -0.4 is 4.90 Å². The van der Waals surface area contributed by atoms with Crippen molar-refractivity contribution in [1.29, 1.82) is 0 Å². The van der Waals surface area contributed by atoms with E-state index in [2.05, 4.69) is 157 Å². The third-order valence-electron chi connectivity index (χ3n) is 8.82. The monoisotopic (exact) mass is 561 g/mol. The minimum atomic E-state index is 0.910. The van der Waals surface area contributed by atoms with Gasteiger partial charge in [-0.15, -0.1) is 0 Å². The third kappa shape index (κ3) is 3.96. The molecule has 0 N–H and O–H groups in total. The standard InChI is InChI=1S/C42H27NO/c1-3-10-31-26-33(17-16-28(31)8-1)30-18-21-34(22-19-30)43(35-23-20-29-9-2-4-11-32(29)27-35)39-14-7-13-37-36(39)24-25-41-42(37)38-12-5-6-15-40(38)44-41/h1-27H. The summed E-state index contributed by atoms with van der Waals surface area (Å²) >= 11 is 0. The molecule has 2 heteroatoms. The number of hydrogen-bond donors (Lipinski definition) is 0. The van der Waals surface area contributed by atoms with Crippen LogP contribution in [0, 0.1) is 0 Å². The molecule has 0 aliphatic rings. The van der Waals surface area contributed by atoms with Crippen LogP contribution in [0.4, 0.5) is 17.1 Å². The predicted octanol–water partition coefficient (Wildman–Crippen LogP) is 12.2. The highest BCUT2D eigenvalue weighted by atomic mass is 16.3. The first kappa shape index (κ1) is 24.7. The van der Waals surface area contributed by atoms with Crippen molar-refractivity contribution in [2.24, 2.45) is 0 Å². The molecule has 0 fully saturated rings. The molecule has 0 aliphatic heterocycles. The van der Waals surface area contributed by atoms with Crippen LogP contribution in [0.3, 0.4) is 0 Å². The molecule has 0 amide bonds. The van der Waals surface area contributed by atoms with Gasteiger partial charge in [0.1, 0.15) is 11.2 Å². The van der Waals surface area contributed by atoms with Crippen LogP contribution in [-0.4, -0.2) is 0 Å². The summed E-state index contributed by atoms with van der Waals surface area (Å²) in [5.74, 6) is 0. The Labute approximate surface area is 255 Å². The number of anilines is 3. The largest absolute Gasteiger partial charge is 0.456 e. The number of hydrogen-bond acceptors (Lipinski definition) is 2. The molecule has 206 valence electrons. The van der Waals surface area contributed by atoms with Gasteiger partial charge in [-0.3, -0.25) is 0 Å². The van der Waals surface area contributed by atoms with Crippen molar-refractivity contribution in [2.45, 2.75) is 0 Å². The molecule has 0 atom stereocenters. The van der Waals surface area contributed by atoms with Crippen LogP contribution >= 0.6 is 0 Å². The molecule has 9 aromatic rings. The molecule has 0 unspecified atom stereocenters. The highest BCUT2D eigenvalue weighted by Crippen LogP contribution is 2.43. The maximum absolute atomic E-state index is 6.25. The highest BCUT2D eigenvalue weighted by Gasteiger charge is 2.18. The molecule has 0 radical (unpaired) electrons. The summed E-state index contributed by atoms with van der Waals surface area (Å²) in [6.45, 7) is 0. The Bertz CT molecular complexity index is 2500. The smallest absolute Gasteiger partial charge is 0.136 e. The van der Waals surface area contributed by atoms with Gasteiger partial charge in [-0.2, -0.15) is 0 Å². The van der Waals surface area contributed by atoms with Crippen molar-refractivity contribution in [3.63, 3.8) is 0 Å². The molecular weight excluding hydrogens is 534 g/mol. The van der Waals surface area contributed by atoms with Crippen molar-refractivity contribution in [3.05, 3.63) is 164 Å². The zero-order chi connectivity index (χ0) is 29.0. The van der Waals surface area contributed by atoms with Crippen molar-refractivity contribution in [1.82, 2.24) is 0 Å². The first-order valence-electron chi connectivity index (χ1n) is 15.0. The Kier molecular flexibility index (Phi) is 5.54. The average Bonchev–Trinajstić information content (AvgIpc) is 3.48. The highest BCUT2D eigenvalue weighted by molar-refractivity contribution is 6.21. The van der Waals surface area contributed by atoms with Crippen LogP contribution in [0.2, 0.25) is 0 Å². The van der Waals surface area contributed by atoms with Gasteiger partial charge in [0.2, 0.25) is 0 Å². The van der Waals surface area contributed by atoms with E-state index in [4.69, 9.17) is 4.42 Å². The van der Waals surface area contributed by atoms with Crippen molar-refractivity contribution < 1.29 is 4.42 Å². The number of furan rings is 1. The van der Waals surface area contributed by atoms with E-state index in [1.165, 1.54) is 43.4 Å². The van der Waals surface area contributed by atoms with Gasteiger partial charge in [-0.25, -0.2) is 0 Å². The maximum Gasteiger partial charge on any atom is 0.136 e. The summed E-state index contributed by atoms with van der Waals surface area (Å²) < 4.78 is 6.25. The summed E-state index contributed by atoms with van der Waals surface area (Å²) in [5, 5.41) is 9.61. The number of rotatable bonds is 4. The van der Waals surface area contributed by atoms with E-state index in [0.717, 1.165) is 39.0 Å². The summed E-state index contributed by atoms with van der Waals surface area (Å²) in [7, 11) is 0. The van der Waals surface area contributed by atoms with Gasteiger partial charge < -0.3 is 9.32 Å². The normalized spacial score (nSPS) is 11.6. The van der Waals surface area contributed by atoms with E-state index in [1.54, 1.807) is 0 Å². The minimum Gasteiger partial charge on any atom is -0.456 e. The zero-order valence-corrected chi connectivity index (χ0v) is 23.9. The van der Waals surface area contributed by atoms with E-state index < -0.39 is 0 Å². The summed E-state index contributed by atoms with van der Waals surface area (Å²) in [6, 6.07) is 58.7. The quantitative estimate of drug-likeness (QED) is 0.212. The lowest BCUT2D eigenvalue weighted by molar-refractivity contribution is 0.669. The second-order valence-electron chi connectivity index (χ2n) is 11.4. The van der Waals surface area contributed by atoms with Crippen LogP contribution in [0.15, 0.2) is 168 Å². The Morgan fingerprint density at radius 2 is 1.00 bits per heavy atom. The molecule has 1 heterocycles. The summed E-state index contributed by atoms with van der Waals surface area (Å²) in [5.41, 5.74) is 7.59. The average molecular weight is 562 g/mol. The number of benzene rings is 8. The van der Waals surface area contributed by atoms with E-state index in [9.17, 15) is 0 Å².